The lowest BCUT2D eigenvalue weighted by Crippen LogP contribution is -2.35. The lowest BCUT2D eigenvalue weighted by atomic mass is 9.90. The Kier molecular flexibility index (Phi) is 8.87. The predicted octanol–water partition coefficient (Wildman–Crippen LogP) is 6.69. The third-order valence-corrected chi connectivity index (χ3v) is 6.27. The first kappa shape index (κ1) is 23.2. The Balaban J connectivity index is 0.00000272. The van der Waals surface area contributed by atoms with Crippen LogP contribution in [0.3, 0.4) is 0 Å². The number of likely N-dealkylation sites (tertiary alicyclic amines) is 1. The quantitative estimate of drug-likeness (QED) is 0.368. The molecule has 0 radical (unpaired) electrons. The van der Waals surface area contributed by atoms with Gasteiger partial charge in [-0.15, -0.1) is 12.4 Å². The Morgan fingerprint density at radius 2 is 1.35 bits per heavy atom. The van der Waals surface area contributed by atoms with Crippen LogP contribution < -0.4 is 0 Å². The monoisotopic (exact) mass is 433 g/mol. The first-order valence-corrected chi connectivity index (χ1v) is 11.2. The number of rotatable bonds is 8. The van der Waals surface area contributed by atoms with Crippen LogP contribution in [0.4, 0.5) is 0 Å². The molecule has 3 aromatic rings. The number of carbonyl (C=O) groups is 1. The summed E-state index contributed by atoms with van der Waals surface area (Å²) in [6, 6.07) is 29.2. The molecule has 0 N–H and O–H groups in total. The molecular weight excluding hydrogens is 402 g/mol. The standard InChI is InChI=1S/C28H31NO.ClH/c30-28(27-15-13-26(14-16-27)25-10-5-2-6-11-25)12-7-19-29-20-17-24(18-21-29)22-23-8-3-1-4-9-23;/h1-6,8-11,13-16,24H,7,12,17-22H2;1H. The maximum atomic E-state index is 12.6. The lowest BCUT2D eigenvalue weighted by Gasteiger charge is -2.32. The van der Waals surface area contributed by atoms with E-state index >= 15 is 0 Å². The van der Waals surface area contributed by atoms with E-state index in [-0.39, 0.29) is 18.2 Å². The Labute approximate surface area is 192 Å². The summed E-state index contributed by atoms with van der Waals surface area (Å²) < 4.78 is 0. The van der Waals surface area contributed by atoms with Gasteiger partial charge in [-0.25, -0.2) is 0 Å². The number of piperidine rings is 1. The summed E-state index contributed by atoms with van der Waals surface area (Å²) in [5.74, 6) is 1.06. The number of Topliss-reactive ketones (excluding diaryl/α,β-unsaturated/α-hetero) is 1. The zero-order valence-corrected chi connectivity index (χ0v) is 18.9. The summed E-state index contributed by atoms with van der Waals surface area (Å²) in [5.41, 5.74) is 4.63. The molecule has 162 valence electrons. The molecule has 1 aliphatic heterocycles. The van der Waals surface area contributed by atoms with E-state index in [0.717, 1.165) is 43.1 Å². The second kappa shape index (κ2) is 11.8. The van der Waals surface area contributed by atoms with Crippen molar-refractivity contribution < 1.29 is 4.79 Å². The molecule has 1 fully saturated rings. The number of halogens is 1. The molecule has 1 saturated heterocycles. The first-order chi connectivity index (χ1) is 14.8. The van der Waals surface area contributed by atoms with Crippen LogP contribution >= 0.6 is 12.4 Å². The summed E-state index contributed by atoms with van der Waals surface area (Å²) in [7, 11) is 0. The van der Waals surface area contributed by atoms with Gasteiger partial charge in [0.2, 0.25) is 0 Å². The smallest absolute Gasteiger partial charge is 0.162 e. The summed E-state index contributed by atoms with van der Waals surface area (Å²) >= 11 is 0. The molecule has 0 aromatic heterocycles. The highest BCUT2D eigenvalue weighted by molar-refractivity contribution is 5.96. The molecule has 2 nitrogen and oxygen atoms in total. The number of hydrogen-bond donors (Lipinski definition) is 0. The van der Waals surface area contributed by atoms with Crippen LogP contribution in [0.2, 0.25) is 0 Å². The van der Waals surface area contributed by atoms with Crippen LogP contribution in [0.1, 0.15) is 41.6 Å². The molecule has 0 aliphatic carbocycles. The molecule has 0 bridgehead atoms. The van der Waals surface area contributed by atoms with Gasteiger partial charge >= 0.3 is 0 Å². The Hall–Kier alpha value is -2.42. The van der Waals surface area contributed by atoms with Crippen LogP contribution in [0, 0.1) is 5.92 Å². The summed E-state index contributed by atoms with van der Waals surface area (Å²) in [5, 5.41) is 0. The van der Waals surface area contributed by atoms with Crippen LogP contribution in [0.15, 0.2) is 84.9 Å². The summed E-state index contributed by atoms with van der Waals surface area (Å²) in [4.78, 5) is 15.1. The highest BCUT2D eigenvalue weighted by Crippen LogP contribution is 2.23. The zero-order valence-electron chi connectivity index (χ0n) is 18.1. The van der Waals surface area contributed by atoms with Crippen molar-refractivity contribution in [1.82, 2.24) is 4.90 Å². The van der Waals surface area contributed by atoms with Gasteiger partial charge in [-0.1, -0.05) is 84.9 Å². The van der Waals surface area contributed by atoms with Crippen molar-refractivity contribution >= 4 is 18.2 Å². The molecular formula is C28H32ClNO. The SMILES string of the molecule is Cl.O=C(CCCN1CCC(Cc2ccccc2)CC1)c1ccc(-c2ccccc2)cc1. The van der Waals surface area contributed by atoms with E-state index in [2.05, 4.69) is 59.5 Å². The van der Waals surface area contributed by atoms with Crippen molar-refractivity contribution in [2.75, 3.05) is 19.6 Å². The van der Waals surface area contributed by atoms with Crippen molar-refractivity contribution in [3.63, 3.8) is 0 Å². The Bertz CT molecular complexity index is 916. The Morgan fingerprint density at radius 1 is 0.774 bits per heavy atom. The van der Waals surface area contributed by atoms with Gasteiger partial charge in [-0.2, -0.15) is 0 Å². The number of hydrogen-bond acceptors (Lipinski definition) is 2. The minimum Gasteiger partial charge on any atom is -0.303 e. The normalized spacial score (nSPS) is 14.7. The molecule has 31 heavy (non-hydrogen) atoms. The van der Waals surface area contributed by atoms with Crippen molar-refractivity contribution in [1.29, 1.82) is 0 Å². The largest absolute Gasteiger partial charge is 0.303 e. The van der Waals surface area contributed by atoms with Crippen molar-refractivity contribution in [2.45, 2.75) is 32.1 Å². The van der Waals surface area contributed by atoms with Gasteiger partial charge in [0, 0.05) is 12.0 Å². The van der Waals surface area contributed by atoms with Gasteiger partial charge in [0.15, 0.2) is 5.78 Å². The van der Waals surface area contributed by atoms with Crippen LogP contribution in [-0.2, 0) is 6.42 Å². The molecule has 0 atom stereocenters. The summed E-state index contributed by atoms with van der Waals surface area (Å²) in [6.07, 6.45) is 5.32. The first-order valence-electron chi connectivity index (χ1n) is 11.2. The van der Waals surface area contributed by atoms with E-state index in [4.69, 9.17) is 0 Å². The fourth-order valence-corrected chi connectivity index (χ4v) is 4.45. The van der Waals surface area contributed by atoms with Crippen molar-refractivity contribution in [3.8, 4) is 11.1 Å². The highest BCUT2D eigenvalue weighted by atomic mass is 35.5. The average Bonchev–Trinajstić information content (AvgIpc) is 2.81. The average molecular weight is 434 g/mol. The molecule has 3 heteroatoms. The number of benzene rings is 3. The van der Waals surface area contributed by atoms with E-state index in [1.165, 1.54) is 30.4 Å². The number of carbonyl (C=O) groups excluding carboxylic acids is 1. The van der Waals surface area contributed by atoms with Gasteiger partial charge in [0.25, 0.3) is 0 Å². The summed E-state index contributed by atoms with van der Waals surface area (Å²) in [6.45, 7) is 3.36. The fourth-order valence-electron chi connectivity index (χ4n) is 4.45. The van der Waals surface area contributed by atoms with E-state index in [1.54, 1.807) is 0 Å². The van der Waals surface area contributed by atoms with Crippen LogP contribution in [0.5, 0.6) is 0 Å². The Morgan fingerprint density at radius 3 is 2.00 bits per heavy atom. The second-order valence-corrected chi connectivity index (χ2v) is 8.44. The molecule has 0 unspecified atom stereocenters. The molecule has 3 aromatic carbocycles. The van der Waals surface area contributed by atoms with Crippen LogP contribution in [0.25, 0.3) is 11.1 Å². The molecule has 1 heterocycles. The van der Waals surface area contributed by atoms with Gasteiger partial charge in [0.1, 0.15) is 0 Å². The molecule has 4 rings (SSSR count). The fraction of sp³-hybridized carbons (Fsp3) is 0.321. The van der Waals surface area contributed by atoms with Gasteiger partial charge in [0.05, 0.1) is 0 Å². The number of nitrogens with zero attached hydrogens (tertiary/aromatic N) is 1. The lowest BCUT2D eigenvalue weighted by molar-refractivity contribution is 0.0970. The maximum Gasteiger partial charge on any atom is 0.162 e. The zero-order chi connectivity index (χ0) is 20.6. The number of ketones is 1. The van der Waals surface area contributed by atoms with E-state index < -0.39 is 0 Å². The molecule has 0 saturated carbocycles. The maximum absolute atomic E-state index is 12.6. The van der Waals surface area contributed by atoms with Crippen molar-refractivity contribution in [2.24, 2.45) is 5.92 Å². The highest BCUT2D eigenvalue weighted by Gasteiger charge is 2.19. The predicted molar refractivity (Wildman–Crippen MR) is 132 cm³/mol. The van der Waals surface area contributed by atoms with E-state index in [0.29, 0.717) is 6.42 Å². The second-order valence-electron chi connectivity index (χ2n) is 8.44. The van der Waals surface area contributed by atoms with Crippen LogP contribution in [-0.4, -0.2) is 30.3 Å². The molecule has 0 spiro atoms. The topological polar surface area (TPSA) is 20.3 Å². The minimum atomic E-state index is 0. The third-order valence-electron chi connectivity index (χ3n) is 6.27. The van der Waals surface area contributed by atoms with Crippen molar-refractivity contribution in [3.05, 3.63) is 96.1 Å². The van der Waals surface area contributed by atoms with E-state index in [1.807, 2.05) is 30.3 Å². The molecule has 1 aliphatic rings. The molecule has 0 amide bonds. The van der Waals surface area contributed by atoms with Gasteiger partial charge in [-0.3, -0.25) is 4.79 Å². The van der Waals surface area contributed by atoms with Gasteiger partial charge in [-0.05, 0) is 67.9 Å². The van der Waals surface area contributed by atoms with E-state index in [9.17, 15) is 4.79 Å². The minimum absolute atomic E-state index is 0. The third kappa shape index (κ3) is 6.78. The van der Waals surface area contributed by atoms with Gasteiger partial charge < -0.3 is 4.90 Å².